The zero-order valence-corrected chi connectivity index (χ0v) is 25.1. The van der Waals surface area contributed by atoms with Crippen LogP contribution in [0.4, 0.5) is 0 Å². The standard InChI is InChI=1S/C31H63O3P/c1-4-7-10-13-15-17-19-21-23-26-29-33-35(32,31-28-25-12-9-6-3)34-30-27-24-22-20-18-16-14-11-8-5-2/h28,31H,4-27,29-30H2,1-3H3/b31-28+. The number of hydrogen-bond donors (Lipinski definition) is 0. The van der Waals surface area contributed by atoms with E-state index in [1.807, 2.05) is 6.08 Å². The predicted octanol–water partition coefficient (Wildman–Crippen LogP) is 12.1. The van der Waals surface area contributed by atoms with E-state index in [-0.39, 0.29) is 0 Å². The van der Waals surface area contributed by atoms with E-state index in [0.29, 0.717) is 13.2 Å². The summed E-state index contributed by atoms with van der Waals surface area (Å²) in [5, 5.41) is 0. The predicted molar refractivity (Wildman–Crippen MR) is 156 cm³/mol. The van der Waals surface area contributed by atoms with E-state index < -0.39 is 7.60 Å². The zero-order valence-electron chi connectivity index (χ0n) is 24.2. The Labute approximate surface area is 221 Å². The zero-order chi connectivity index (χ0) is 25.7. The Bertz CT molecular complexity index is 448. The van der Waals surface area contributed by atoms with Gasteiger partial charge in [-0.1, -0.05) is 155 Å². The molecule has 0 rings (SSSR count). The van der Waals surface area contributed by atoms with Gasteiger partial charge in [0, 0.05) is 5.82 Å². The Morgan fingerprint density at radius 3 is 1.14 bits per heavy atom. The van der Waals surface area contributed by atoms with Crippen LogP contribution in [0.1, 0.15) is 175 Å². The summed E-state index contributed by atoms with van der Waals surface area (Å²) in [5.74, 6) is 1.75. The molecule has 0 aromatic heterocycles. The number of hydrogen-bond acceptors (Lipinski definition) is 3. The SMILES string of the molecule is CCCCC/C=C/P(=O)(OCCCCCCCCCCCC)OCCCCCCCCCCCC. The van der Waals surface area contributed by atoms with E-state index >= 15 is 0 Å². The average molecular weight is 515 g/mol. The van der Waals surface area contributed by atoms with E-state index in [9.17, 15) is 4.57 Å². The van der Waals surface area contributed by atoms with E-state index in [4.69, 9.17) is 9.05 Å². The monoisotopic (exact) mass is 514 g/mol. The van der Waals surface area contributed by atoms with Crippen molar-refractivity contribution >= 4 is 7.60 Å². The van der Waals surface area contributed by atoms with Crippen LogP contribution < -0.4 is 0 Å². The molecule has 0 aromatic rings. The summed E-state index contributed by atoms with van der Waals surface area (Å²) in [6.07, 6.45) is 32.4. The highest BCUT2D eigenvalue weighted by Gasteiger charge is 2.20. The number of allylic oxidation sites excluding steroid dienone is 1. The van der Waals surface area contributed by atoms with Gasteiger partial charge in [0.1, 0.15) is 0 Å². The summed E-state index contributed by atoms with van der Waals surface area (Å²) in [7, 11) is -3.10. The van der Waals surface area contributed by atoms with Gasteiger partial charge in [0.15, 0.2) is 0 Å². The van der Waals surface area contributed by atoms with Crippen LogP contribution in [0.25, 0.3) is 0 Å². The first-order valence-electron chi connectivity index (χ1n) is 15.7. The Balaban J connectivity index is 4.00. The van der Waals surface area contributed by atoms with Crippen molar-refractivity contribution in [2.45, 2.75) is 175 Å². The molecule has 0 saturated carbocycles. The molecule has 3 nitrogen and oxygen atoms in total. The largest absolute Gasteiger partial charge is 0.353 e. The van der Waals surface area contributed by atoms with Crippen molar-refractivity contribution < 1.29 is 13.6 Å². The third-order valence-corrected chi connectivity index (χ3v) is 8.46. The summed E-state index contributed by atoms with van der Waals surface area (Å²) in [6, 6.07) is 0. The smallest absolute Gasteiger partial charge is 0.306 e. The number of rotatable bonds is 29. The van der Waals surface area contributed by atoms with Crippen LogP contribution in [0, 0.1) is 0 Å². The third kappa shape index (κ3) is 26.8. The lowest BCUT2D eigenvalue weighted by Crippen LogP contribution is -1.98. The molecule has 0 spiro atoms. The van der Waals surface area contributed by atoms with E-state index in [2.05, 4.69) is 20.8 Å². The maximum atomic E-state index is 13.2. The molecule has 0 bridgehead atoms. The van der Waals surface area contributed by atoms with Crippen LogP contribution in [0.5, 0.6) is 0 Å². The van der Waals surface area contributed by atoms with Crippen LogP contribution in [-0.2, 0) is 13.6 Å². The quantitative estimate of drug-likeness (QED) is 0.0735. The molecule has 4 heteroatoms. The van der Waals surface area contributed by atoms with E-state index in [1.54, 1.807) is 5.82 Å². The summed E-state index contributed by atoms with van der Waals surface area (Å²) < 4.78 is 24.9. The minimum absolute atomic E-state index is 0.547. The molecule has 0 unspecified atom stereocenters. The Morgan fingerprint density at radius 2 is 0.771 bits per heavy atom. The molecule has 0 saturated heterocycles. The molecule has 0 aliphatic rings. The lowest BCUT2D eigenvalue weighted by Gasteiger charge is -2.15. The molecule has 35 heavy (non-hydrogen) atoms. The van der Waals surface area contributed by atoms with Crippen molar-refractivity contribution in [3.63, 3.8) is 0 Å². The van der Waals surface area contributed by atoms with Crippen molar-refractivity contribution in [2.75, 3.05) is 13.2 Å². The van der Waals surface area contributed by atoms with Gasteiger partial charge in [-0.3, -0.25) is 4.57 Å². The highest BCUT2D eigenvalue weighted by molar-refractivity contribution is 7.57. The molecular weight excluding hydrogens is 451 g/mol. The molecule has 0 aliphatic carbocycles. The maximum absolute atomic E-state index is 13.2. The average Bonchev–Trinajstić information content (AvgIpc) is 2.86. The van der Waals surface area contributed by atoms with Crippen LogP contribution in [0.2, 0.25) is 0 Å². The molecule has 0 heterocycles. The fraction of sp³-hybridized carbons (Fsp3) is 0.935. The lowest BCUT2D eigenvalue weighted by atomic mass is 10.1. The third-order valence-electron chi connectivity index (χ3n) is 6.80. The van der Waals surface area contributed by atoms with Gasteiger partial charge in [0.2, 0.25) is 0 Å². The molecule has 210 valence electrons. The lowest BCUT2D eigenvalue weighted by molar-refractivity contribution is 0.205. The minimum Gasteiger partial charge on any atom is -0.306 e. The summed E-state index contributed by atoms with van der Waals surface area (Å²) in [6.45, 7) is 7.84. The molecule has 0 amide bonds. The molecule has 0 fully saturated rings. The molecule has 0 N–H and O–H groups in total. The fourth-order valence-electron chi connectivity index (χ4n) is 4.40. The summed E-state index contributed by atoms with van der Waals surface area (Å²) in [5.41, 5.74) is 0. The van der Waals surface area contributed by atoms with E-state index in [0.717, 1.165) is 38.5 Å². The first kappa shape index (κ1) is 34.9. The number of unbranched alkanes of at least 4 members (excludes halogenated alkanes) is 21. The van der Waals surface area contributed by atoms with Crippen LogP contribution >= 0.6 is 7.60 Å². The highest BCUT2D eigenvalue weighted by atomic mass is 31.2. The Kier molecular flexibility index (Phi) is 28.4. The van der Waals surface area contributed by atoms with Gasteiger partial charge < -0.3 is 9.05 Å². The minimum atomic E-state index is -3.10. The van der Waals surface area contributed by atoms with Crippen LogP contribution in [0.15, 0.2) is 11.9 Å². The second-order valence-electron chi connectivity index (χ2n) is 10.5. The molecule has 0 aliphatic heterocycles. The topological polar surface area (TPSA) is 35.5 Å². The van der Waals surface area contributed by atoms with Gasteiger partial charge in [0.25, 0.3) is 0 Å². The molecule has 0 atom stereocenters. The molecule has 0 radical (unpaired) electrons. The van der Waals surface area contributed by atoms with Crippen LogP contribution in [0.3, 0.4) is 0 Å². The van der Waals surface area contributed by atoms with Gasteiger partial charge in [0.05, 0.1) is 13.2 Å². The normalized spacial score (nSPS) is 12.2. The van der Waals surface area contributed by atoms with Crippen molar-refractivity contribution in [1.29, 1.82) is 0 Å². The first-order valence-corrected chi connectivity index (χ1v) is 17.4. The van der Waals surface area contributed by atoms with Crippen molar-refractivity contribution in [3.05, 3.63) is 11.9 Å². The van der Waals surface area contributed by atoms with Gasteiger partial charge in [-0.15, -0.1) is 0 Å². The van der Waals surface area contributed by atoms with Gasteiger partial charge in [-0.05, 0) is 25.7 Å². The Hall–Kier alpha value is -0.110. The highest BCUT2D eigenvalue weighted by Crippen LogP contribution is 2.50. The second-order valence-corrected chi connectivity index (χ2v) is 12.3. The summed E-state index contributed by atoms with van der Waals surface area (Å²) in [4.78, 5) is 0. The van der Waals surface area contributed by atoms with Crippen molar-refractivity contribution in [2.24, 2.45) is 0 Å². The van der Waals surface area contributed by atoms with Crippen molar-refractivity contribution in [1.82, 2.24) is 0 Å². The maximum Gasteiger partial charge on any atom is 0.353 e. The Morgan fingerprint density at radius 1 is 0.457 bits per heavy atom. The van der Waals surface area contributed by atoms with Gasteiger partial charge in [-0.2, -0.15) is 0 Å². The first-order chi connectivity index (χ1) is 17.2. The molecular formula is C31H63O3P. The van der Waals surface area contributed by atoms with Crippen LogP contribution in [-0.4, -0.2) is 13.2 Å². The fourth-order valence-corrected chi connectivity index (χ4v) is 5.82. The second kappa shape index (κ2) is 28.5. The molecule has 0 aromatic carbocycles. The van der Waals surface area contributed by atoms with E-state index in [1.165, 1.54) is 116 Å². The van der Waals surface area contributed by atoms with Gasteiger partial charge in [-0.25, -0.2) is 0 Å². The van der Waals surface area contributed by atoms with Crippen molar-refractivity contribution in [3.8, 4) is 0 Å². The summed E-state index contributed by atoms with van der Waals surface area (Å²) >= 11 is 0. The van der Waals surface area contributed by atoms with Gasteiger partial charge >= 0.3 is 7.60 Å².